The first kappa shape index (κ1) is 18.5. The fourth-order valence-electron chi connectivity index (χ4n) is 4.34. The lowest BCUT2D eigenvalue weighted by Crippen LogP contribution is -2.55. The molecule has 0 saturated carbocycles. The van der Waals surface area contributed by atoms with Gasteiger partial charge in [0.1, 0.15) is 0 Å². The van der Waals surface area contributed by atoms with Gasteiger partial charge in [-0.2, -0.15) is 0 Å². The molecule has 3 heterocycles. The number of fused-ring (bicyclic) bond motifs is 1. The summed E-state index contributed by atoms with van der Waals surface area (Å²) in [6.07, 6.45) is 2.75. The summed E-state index contributed by atoms with van der Waals surface area (Å²) in [5, 5.41) is 0. The van der Waals surface area contributed by atoms with Crippen LogP contribution in [0.4, 0.5) is 0 Å². The topological polar surface area (TPSA) is 71.3 Å². The van der Waals surface area contributed by atoms with E-state index in [9.17, 15) is 4.79 Å². The molecule has 2 fully saturated rings. The normalized spacial score (nSPS) is 23.6. The molecule has 1 aromatic carbocycles. The Hall–Kier alpha value is -1.83. The minimum Gasteiger partial charge on any atom is -0.454 e. The third-order valence-corrected chi connectivity index (χ3v) is 5.87. The number of hydrogen-bond acceptors (Lipinski definition) is 6. The second-order valence-electron chi connectivity index (χ2n) is 7.67. The number of ether oxygens (including phenoxy) is 2. The molecule has 3 aliphatic rings. The van der Waals surface area contributed by atoms with E-state index >= 15 is 0 Å². The quantitative estimate of drug-likeness (QED) is 0.825. The van der Waals surface area contributed by atoms with E-state index in [0.717, 1.165) is 63.7 Å². The van der Waals surface area contributed by atoms with Crippen molar-refractivity contribution in [1.82, 2.24) is 14.7 Å². The van der Waals surface area contributed by atoms with Crippen molar-refractivity contribution in [2.75, 3.05) is 52.6 Å². The number of benzene rings is 1. The van der Waals surface area contributed by atoms with Crippen molar-refractivity contribution in [2.24, 2.45) is 5.73 Å². The zero-order valence-corrected chi connectivity index (χ0v) is 15.9. The third-order valence-electron chi connectivity index (χ3n) is 5.87. The molecule has 0 unspecified atom stereocenters. The number of carbonyl (C=O) groups is 1. The van der Waals surface area contributed by atoms with E-state index in [2.05, 4.69) is 21.9 Å². The average Bonchev–Trinajstić information content (AvgIpc) is 3.17. The average molecular weight is 374 g/mol. The van der Waals surface area contributed by atoms with Crippen molar-refractivity contribution in [1.29, 1.82) is 0 Å². The van der Waals surface area contributed by atoms with Crippen LogP contribution in [0.1, 0.15) is 24.8 Å². The zero-order chi connectivity index (χ0) is 18.6. The van der Waals surface area contributed by atoms with Crippen LogP contribution in [0.2, 0.25) is 0 Å². The Morgan fingerprint density at radius 1 is 1.11 bits per heavy atom. The highest BCUT2D eigenvalue weighted by Gasteiger charge is 2.29. The van der Waals surface area contributed by atoms with Gasteiger partial charge in [0.2, 0.25) is 12.7 Å². The van der Waals surface area contributed by atoms with Gasteiger partial charge in [0.15, 0.2) is 11.5 Å². The molecule has 3 aliphatic heterocycles. The van der Waals surface area contributed by atoms with E-state index in [1.54, 1.807) is 0 Å². The van der Waals surface area contributed by atoms with E-state index in [1.807, 2.05) is 11.0 Å². The molecule has 0 bridgehead atoms. The summed E-state index contributed by atoms with van der Waals surface area (Å²) < 4.78 is 10.9. The second-order valence-corrected chi connectivity index (χ2v) is 7.67. The molecule has 2 N–H and O–H groups in total. The highest BCUT2D eigenvalue weighted by atomic mass is 16.7. The number of amides is 1. The highest BCUT2D eigenvalue weighted by Crippen LogP contribution is 2.33. The van der Waals surface area contributed by atoms with Crippen molar-refractivity contribution < 1.29 is 14.3 Å². The first-order valence-corrected chi connectivity index (χ1v) is 10.1. The number of piperazine rings is 1. The van der Waals surface area contributed by atoms with Crippen LogP contribution in [0, 0.1) is 0 Å². The summed E-state index contributed by atoms with van der Waals surface area (Å²) in [5.41, 5.74) is 6.81. The smallest absolute Gasteiger partial charge is 0.231 e. The fraction of sp³-hybridized carbons (Fsp3) is 0.650. The number of nitrogens with zero attached hydrogens (tertiary/aromatic N) is 3. The molecule has 7 nitrogen and oxygen atoms in total. The van der Waals surface area contributed by atoms with Gasteiger partial charge >= 0.3 is 0 Å². The van der Waals surface area contributed by atoms with Gasteiger partial charge in [-0.25, -0.2) is 0 Å². The van der Waals surface area contributed by atoms with Gasteiger partial charge < -0.3 is 20.1 Å². The van der Waals surface area contributed by atoms with Crippen molar-refractivity contribution in [3.05, 3.63) is 23.8 Å². The lowest BCUT2D eigenvalue weighted by molar-refractivity contribution is -0.133. The van der Waals surface area contributed by atoms with Crippen LogP contribution < -0.4 is 15.2 Å². The van der Waals surface area contributed by atoms with Crippen LogP contribution in [0.5, 0.6) is 11.5 Å². The number of carbonyl (C=O) groups excluding carboxylic acids is 1. The Morgan fingerprint density at radius 2 is 1.93 bits per heavy atom. The molecule has 4 rings (SSSR count). The van der Waals surface area contributed by atoms with Gasteiger partial charge in [0.25, 0.3) is 0 Å². The number of hydrogen-bond donors (Lipinski definition) is 1. The van der Waals surface area contributed by atoms with Gasteiger partial charge in [-0.3, -0.25) is 14.6 Å². The Kier molecular flexibility index (Phi) is 5.80. The Bertz CT molecular complexity index is 661. The van der Waals surface area contributed by atoms with E-state index in [1.165, 1.54) is 12.0 Å². The molecule has 0 spiro atoms. The van der Waals surface area contributed by atoms with Crippen LogP contribution in [0.15, 0.2) is 18.2 Å². The van der Waals surface area contributed by atoms with Gasteiger partial charge in [0, 0.05) is 64.8 Å². The maximum absolute atomic E-state index is 12.2. The molecule has 0 aromatic heterocycles. The molecule has 1 aromatic rings. The summed E-state index contributed by atoms with van der Waals surface area (Å²) in [6.45, 7) is 7.70. The fourth-order valence-corrected chi connectivity index (χ4v) is 4.34. The van der Waals surface area contributed by atoms with Gasteiger partial charge in [-0.15, -0.1) is 0 Å². The lowest BCUT2D eigenvalue weighted by Gasteiger charge is -2.43. The van der Waals surface area contributed by atoms with E-state index < -0.39 is 0 Å². The minimum atomic E-state index is 0.212. The molecule has 1 amide bonds. The Balaban J connectivity index is 1.27. The second kappa shape index (κ2) is 8.46. The molecule has 0 aliphatic carbocycles. The maximum Gasteiger partial charge on any atom is 0.231 e. The summed E-state index contributed by atoms with van der Waals surface area (Å²) in [7, 11) is 0. The number of rotatable bonds is 5. The summed E-state index contributed by atoms with van der Waals surface area (Å²) >= 11 is 0. The molecule has 148 valence electrons. The van der Waals surface area contributed by atoms with Gasteiger partial charge in [-0.1, -0.05) is 6.07 Å². The predicted octanol–water partition coefficient (Wildman–Crippen LogP) is 0.873. The zero-order valence-electron chi connectivity index (χ0n) is 15.9. The maximum atomic E-state index is 12.2. The van der Waals surface area contributed by atoms with E-state index in [4.69, 9.17) is 15.2 Å². The van der Waals surface area contributed by atoms with Crippen molar-refractivity contribution in [2.45, 2.75) is 31.8 Å². The molecular weight excluding hydrogens is 344 g/mol. The van der Waals surface area contributed by atoms with E-state index in [-0.39, 0.29) is 5.91 Å². The van der Waals surface area contributed by atoms with Crippen LogP contribution in [0.3, 0.4) is 0 Å². The number of piperidine rings is 1. The van der Waals surface area contributed by atoms with Crippen LogP contribution >= 0.6 is 0 Å². The van der Waals surface area contributed by atoms with Crippen molar-refractivity contribution >= 4 is 5.91 Å². The van der Waals surface area contributed by atoms with Crippen LogP contribution in [-0.4, -0.2) is 79.3 Å². The number of nitrogens with two attached hydrogens (primary N) is 1. The molecule has 0 radical (unpaired) electrons. The summed E-state index contributed by atoms with van der Waals surface area (Å²) in [5.74, 6) is 1.91. The van der Waals surface area contributed by atoms with Crippen LogP contribution in [0.25, 0.3) is 0 Å². The number of likely N-dealkylation sites (tertiary alicyclic amines) is 1. The van der Waals surface area contributed by atoms with Crippen molar-refractivity contribution in [3.63, 3.8) is 0 Å². The Morgan fingerprint density at radius 3 is 2.74 bits per heavy atom. The SMILES string of the molecule is NCCC(=O)N1CCC[C@H](N2CCN(Cc3ccc4c(c3)OCO4)CC2)C1. The molecule has 27 heavy (non-hydrogen) atoms. The Labute approximate surface area is 161 Å². The first-order valence-electron chi connectivity index (χ1n) is 10.1. The van der Waals surface area contributed by atoms with E-state index in [0.29, 0.717) is 25.8 Å². The molecule has 7 heteroatoms. The molecular formula is C20H30N4O3. The third kappa shape index (κ3) is 4.36. The standard InChI is InChI=1S/C20H30N4O3/c21-6-5-20(25)24-7-1-2-17(14-24)23-10-8-22(9-11-23)13-16-3-4-18-19(12-16)27-15-26-18/h3-4,12,17H,1-2,5-11,13-15,21H2/t17-/m0/s1. The highest BCUT2D eigenvalue weighted by molar-refractivity contribution is 5.76. The predicted molar refractivity (Wildman–Crippen MR) is 103 cm³/mol. The molecule has 1 atom stereocenters. The lowest BCUT2D eigenvalue weighted by atomic mass is 10.0. The summed E-state index contributed by atoms with van der Waals surface area (Å²) in [6, 6.07) is 6.72. The first-order chi connectivity index (χ1) is 13.2. The summed E-state index contributed by atoms with van der Waals surface area (Å²) in [4.78, 5) is 19.2. The van der Waals surface area contributed by atoms with Gasteiger partial charge in [-0.05, 0) is 30.5 Å². The van der Waals surface area contributed by atoms with Crippen molar-refractivity contribution in [3.8, 4) is 11.5 Å². The molecule has 2 saturated heterocycles. The minimum absolute atomic E-state index is 0.212. The van der Waals surface area contributed by atoms with Gasteiger partial charge in [0.05, 0.1) is 0 Å². The monoisotopic (exact) mass is 374 g/mol. The largest absolute Gasteiger partial charge is 0.454 e. The van der Waals surface area contributed by atoms with Crippen LogP contribution in [-0.2, 0) is 11.3 Å².